The molecule has 1 N–H and O–H groups in total. The van der Waals surface area contributed by atoms with Crippen molar-refractivity contribution in [3.05, 3.63) is 92.2 Å². The summed E-state index contributed by atoms with van der Waals surface area (Å²) < 4.78 is 5.52. The van der Waals surface area contributed by atoms with Crippen LogP contribution in [0.2, 0.25) is 0 Å². The van der Waals surface area contributed by atoms with E-state index in [1.807, 2.05) is 48.7 Å². The summed E-state index contributed by atoms with van der Waals surface area (Å²) in [7, 11) is 0. The number of thiophene rings is 1. The molecule has 5 nitrogen and oxygen atoms in total. The zero-order valence-corrected chi connectivity index (χ0v) is 19.7. The fraction of sp³-hybridized carbons (Fsp3) is 0.192. The van der Waals surface area contributed by atoms with Gasteiger partial charge in [0.1, 0.15) is 16.5 Å². The van der Waals surface area contributed by atoms with Crippen molar-refractivity contribution >= 4 is 40.2 Å². The van der Waals surface area contributed by atoms with Gasteiger partial charge < -0.3 is 10.1 Å². The van der Waals surface area contributed by atoms with Crippen molar-refractivity contribution in [2.45, 2.75) is 32.8 Å². The number of amides is 1. The fourth-order valence-corrected chi connectivity index (χ4v) is 5.87. The highest BCUT2D eigenvalue weighted by atomic mass is 32.1. The topological polar surface area (TPSA) is 68.3 Å². The van der Waals surface area contributed by atoms with E-state index in [0.717, 1.165) is 24.1 Å². The Morgan fingerprint density at radius 1 is 1.06 bits per heavy atom. The molecule has 4 aromatic rings. The number of rotatable bonds is 6. The van der Waals surface area contributed by atoms with E-state index in [1.54, 1.807) is 0 Å². The van der Waals surface area contributed by atoms with Gasteiger partial charge in [-0.15, -0.1) is 22.7 Å². The van der Waals surface area contributed by atoms with Crippen LogP contribution in [0.25, 0.3) is 10.4 Å². The highest BCUT2D eigenvalue weighted by Crippen LogP contribution is 2.39. The average Bonchev–Trinajstić information content (AvgIpc) is 3.46. The third kappa shape index (κ3) is 4.74. The summed E-state index contributed by atoms with van der Waals surface area (Å²) in [5.41, 5.74) is 6.22. The minimum atomic E-state index is -0.335. The number of esters is 1. The number of hydrogen-bond donors (Lipinski definition) is 1. The summed E-state index contributed by atoms with van der Waals surface area (Å²) in [6, 6.07) is 18.0. The van der Waals surface area contributed by atoms with E-state index < -0.39 is 0 Å². The van der Waals surface area contributed by atoms with Crippen molar-refractivity contribution in [1.82, 2.24) is 4.98 Å². The molecule has 0 spiro atoms. The molecule has 5 rings (SSSR count). The number of anilines is 1. The zero-order chi connectivity index (χ0) is 22.8. The second-order valence-corrected chi connectivity index (χ2v) is 9.97. The standard InChI is InChI=1S/C26H22N2O3S2/c1-16-6-2-5-9-21(16)28-23(29)13-24-27-19(15-32-24)14-31-26(30)22-12-18-11-10-17-7-3-4-8-20(17)25(18)33-22/h2-9,12,15H,10-11,13-14H2,1H3,(H,28,29). The predicted molar refractivity (Wildman–Crippen MR) is 132 cm³/mol. The molecule has 2 aromatic heterocycles. The molecule has 0 bridgehead atoms. The van der Waals surface area contributed by atoms with Crippen LogP contribution in [0.3, 0.4) is 0 Å². The first-order chi connectivity index (χ1) is 16.1. The maximum atomic E-state index is 12.7. The Kier molecular flexibility index (Phi) is 6.07. The third-order valence-electron chi connectivity index (χ3n) is 5.62. The van der Waals surface area contributed by atoms with Crippen LogP contribution < -0.4 is 5.32 Å². The molecule has 0 atom stereocenters. The van der Waals surface area contributed by atoms with Crippen molar-refractivity contribution in [3.8, 4) is 10.4 Å². The lowest BCUT2D eigenvalue weighted by Crippen LogP contribution is -2.15. The summed E-state index contributed by atoms with van der Waals surface area (Å²) in [4.78, 5) is 31.3. The molecule has 0 fully saturated rings. The van der Waals surface area contributed by atoms with Gasteiger partial charge in [0.05, 0.1) is 12.1 Å². The molecule has 0 radical (unpaired) electrons. The van der Waals surface area contributed by atoms with Crippen molar-refractivity contribution in [3.63, 3.8) is 0 Å². The Labute approximate surface area is 200 Å². The number of aromatic nitrogens is 1. The monoisotopic (exact) mass is 474 g/mol. The van der Waals surface area contributed by atoms with E-state index in [2.05, 4.69) is 28.5 Å². The second-order valence-electron chi connectivity index (χ2n) is 7.97. The van der Waals surface area contributed by atoms with E-state index in [4.69, 9.17) is 4.74 Å². The lowest BCUT2D eigenvalue weighted by atomic mass is 9.91. The van der Waals surface area contributed by atoms with Crippen LogP contribution in [0, 0.1) is 6.92 Å². The van der Waals surface area contributed by atoms with Crippen LogP contribution >= 0.6 is 22.7 Å². The molecule has 0 unspecified atom stereocenters. The van der Waals surface area contributed by atoms with Gasteiger partial charge >= 0.3 is 5.97 Å². The Hall–Kier alpha value is -3.29. The highest BCUT2D eigenvalue weighted by Gasteiger charge is 2.22. The highest BCUT2D eigenvalue weighted by molar-refractivity contribution is 7.17. The minimum absolute atomic E-state index is 0.0912. The lowest BCUT2D eigenvalue weighted by Gasteiger charge is -2.15. The van der Waals surface area contributed by atoms with Crippen molar-refractivity contribution in [2.24, 2.45) is 0 Å². The number of fused-ring (bicyclic) bond motifs is 3. The number of nitrogens with one attached hydrogen (secondary N) is 1. The van der Waals surface area contributed by atoms with Gasteiger partial charge in [-0.3, -0.25) is 4.79 Å². The van der Waals surface area contributed by atoms with Crippen LogP contribution in [0.15, 0.2) is 60.0 Å². The molecule has 166 valence electrons. The van der Waals surface area contributed by atoms with Gasteiger partial charge in [-0.1, -0.05) is 42.5 Å². The maximum absolute atomic E-state index is 12.7. The average molecular weight is 475 g/mol. The quantitative estimate of drug-likeness (QED) is 0.358. The van der Waals surface area contributed by atoms with E-state index in [9.17, 15) is 9.59 Å². The van der Waals surface area contributed by atoms with Crippen LogP contribution in [0.5, 0.6) is 0 Å². The van der Waals surface area contributed by atoms with Crippen molar-refractivity contribution < 1.29 is 14.3 Å². The van der Waals surface area contributed by atoms with Gasteiger partial charge in [0.2, 0.25) is 5.91 Å². The van der Waals surface area contributed by atoms with Crippen LogP contribution in [-0.2, 0) is 35.4 Å². The summed E-state index contributed by atoms with van der Waals surface area (Å²) in [5, 5.41) is 5.44. The molecular formula is C26H22N2O3S2. The Balaban J connectivity index is 1.18. The smallest absolute Gasteiger partial charge is 0.348 e. The summed E-state index contributed by atoms with van der Waals surface area (Å²) in [6.07, 6.45) is 2.12. The van der Waals surface area contributed by atoms with Crippen molar-refractivity contribution in [2.75, 3.05) is 5.32 Å². The number of benzene rings is 2. The number of para-hydroxylation sites is 1. The first kappa shape index (κ1) is 21.6. The van der Waals surface area contributed by atoms with Crippen molar-refractivity contribution in [1.29, 1.82) is 0 Å². The Bertz CT molecular complexity index is 1340. The largest absolute Gasteiger partial charge is 0.455 e. The number of hydrogen-bond acceptors (Lipinski definition) is 6. The number of carbonyl (C=O) groups is 2. The minimum Gasteiger partial charge on any atom is -0.455 e. The number of carbonyl (C=O) groups excluding carboxylic acids is 2. The van der Waals surface area contributed by atoms with Crippen LogP contribution in [0.4, 0.5) is 5.69 Å². The number of nitrogens with zero attached hydrogens (tertiary/aromatic N) is 1. The number of thiazole rings is 1. The SMILES string of the molecule is Cc1ccccc1NC(=O)Cc1nc(COC(=O)c2cc3c(s2)-c2ccccc2CC3)cs1. The van der Waals surface area contributed by atoms with Crippen LogP contribution in [0.1, 0.15) is 37.1 Å². The molecule has 7 heteroatoms. The first-order valence-electron chi connectivity index (χ1n) is 10.7. The molecule has 0 aliphatic heterocycles. The Morgan fingerprint density at radius 3 is 2.73 bits per heavy atom. The number of aryl methyl sites for hydroxylation is 3. The van der Waals surface area contributed by atoms with Gasteiger partial charge in [0.25, 0.3) is 0 Å². The maximum Gasteiger partial charge on any atom is 0.348 e. The molecule has 0 saturated heterocycles. The molecule has 33 heavy (non-hydrogen) atoms. The van der Waals surface area contributed by atoms with Gasteiger partial charge in [0.15, 0.2) is 0 Å². The molecule has 0 saturated carbocycles. The van der Waals surface area contributed by atoms with E-state index in [0.29, 0.717) is 15.6 Å². The molecule has 1 aliphatic carbocycles. The lowest BCUT2D eigenvalue weighted by molar-refractivity contribution is -0.115. The summed E-state index contributed by atoms with van der Waals surface area (Å²) in [5.74, 6) is -0.453. The van der Waals surface area contributed by atoms with Gasteiger partial charge in [-0.05, 0) is 54.2 Å². The molecule has 2 heterocycles. The van der Waals surface area contributed by atoms with Gasteiger partial charge in [-0.25, -0.2) is 9.78 Å². The summed E-state index contributed by atoms with van der Waals surface area (Å²) >= 11 is 2.89. The number of ether oxygens (including phenoxy) is 1. The third-order valence-corrected chi connectivity index (χ3v) is 7.71. The zero-order valence-electron chi connectivity index (χ0n) is 18.1. The second kappa shape index (κ2) is 9.29. The first-order valence-corrected chi connectivity index (χ1v) is 12.4. The van der Waals surface area contributed by atoms with E-state index >= 15 is 0 Å². The summed E-state index contributed by atoms with van der Waals surface area (Å²) in [6.45, 7) is 2.04. The van der Waals surface area contributed by atoms with E-state index in [1.165, 1.54) is 44.2 Å². The van der Waals surface area contributed by atoms with Crippen LogP contribution in [-0.4, -0.2) is 16.9 Å². The molecule has 2 aromatic carbocycles. The predicted octanol–water partition coefficient (Wildman–Crippen LogP) is 5.82. The molecule has 1 amide bonds. The fourth-order valence-electron chi connectivity index (χ4n) is 3.92. The molecule has 1 aliphatic rings. The van der Waals surface area contributed by atoms with E-state index in [-0.39, 0.29) is 24.9 Å². The Morgan fingerprint density at radius 2 is 1.85 bits per heavy atom. The van der Waals surface area contributed by atoms with Gasteiger partial charge in [-0.2, -0.15) is 0 Å². The normalized spacial score (nSPS) is 12.0. The molecular weight excluding hydrogens is 452 g/mol. The van der Waals surface area contributed by atoms with Gasteiger partial charge in [0, 0.05) is 15.9 Å².